The number of hydrazine groups is 1. The third-order valence-electron chi connectivity index (χ3n) is 2.14. The second kappa shape index (κ2) is 6.49. The number of nitrogens with one attached hydrogen (secondary N) is 1. The Bertz CT molecular complexity index is 275. The topological polar surface area (TPSA) is 78.0 Å². The molecule has 0 saturated carbocycles. The summed E-state index contributed by atoms with van der Waals surface area (Å²) in [6.07, 6.45) is 3.27. The van der Waals surface area contributed by atoms with Gasteiger partial charge in [0.2, 0.25) is 0 Å². The van der Waals surface area contributed by atoms with Crippen molar-refractivity contribution >= 4 is 0 Å². The molecule has 1 atom stereocenters. The first-order valence-corrected chi connectivity index (χ1v) is 5.14. The van der Waals surface area contributed by atoms with Gasteiger partial charge in [0.1, 0.15) is 12.2 Å². The normalized spacial score (nSPS) is 13.0. The van der Waals surface area contributed by atoms with Gasteiger partial charge in [0.25, 0.3) is 0 Å². The van der Waals surface area contributed by atoms with Crippen molar-refractivity contribution in [3.63, 3.8) is 0 Å². The lowest BCUT2D eigenvalue weighted by atomic mass is 10.2. The minimum absolute atomic E-state index is 0.0828. The smallest absolute Gasteiger partial charge is 0.138 e. The minimum Gasteiger partial charge on any atom is -0.380 e. The predicted molar refractivity (Wildman–Crippen MR) is 56.9 cm³/mol. The van der Waals surface area contributed by atoms with Crippen LogP contribution < -0.4 is 11.3 Å². The molecule has 0 aromatic carbocycles. The summed E-state index contributed by atoms with van der Waals surface area (Å²) in [6, 6.07) is 0.0828. The second-order valence-corrected chi connectivity index (χ2v) is 3.44. The molecule has 0 spiro atoms. The van der Waals surface area contributed by atoms with Crippen molar-refractivity contribution in [1.29, 1.82) is 0 Å². The van der Waals surface area contributed by atoms with E-state index < -0.39 is 0 Å². The van der Waals surface area contributed by atoms with E-state index >= 15 is 0 Å². The Morgan fingerprint density at radius 3 is 3.00 bits per heavy atom. The highest BCUT2D eigenvalue weighted by Gasteiger charge is 2.11. The van der Waals surface area contributed by atoms with Crippen LogP contribution in [0.2, 0.25) is 0 Å². The summed E-state index contributed by atoms with van der Waals surface area (Å²) in [6.45, 7) is 3.43. The Morgan fingerprint density at radius 1 is 1.67 bits per heavy atom. The molecule has 86 valence electrons. The molecule has 0 aliphatic heterocycles. The van der Waals surface area contributed by atoms with E-state index in [-0.39, 0.29) is 6.04 Å². The van der Waals surface area contributed by atoms with E-state index in [1.807, 2.05) is 7.05 Å². The van der Waals surface area contributed by atoms with Crippen LogP contribution in [0.25, 0.3) is 0 Å². The average Bonchev–Trinajstić information content (AvgIpc) is 2.63. The number of hydrogen-bond donors (Lipinski definition) is 2. The molecule has 1 aromatic rings. The van der Waals surface area contributed by atoms with Gasteiger partial charge in [-0.05, 0) is 6.42 Å². The molecule has 6 nitrogen and oxygen atoms in total. The van der Waals surface area contributed by atoms with E-state index in [0.717, 1.165) is 25.3 Å². The Labute approximate surface area is 89.8 Å². The Morgan fingerprint density at radius 2 is 2.47 bits per heavy atom. The van der Waals surface area contributed by atoms with Crippen molar-refractivity contribution in [1.82, 2.24) is 20.2 Å². The lowest BCUT2D eigenvalue weighted by Crippen LogP contribution is -2.41. The largest absolute Gasteiger partial charge is 0.380 e. The highest BCUT2D eigenvalue weighted by Crippen LogP contribution is 1.98. The van der Waals surface area contributed by atoms with Gasteiger partial charge in [0.15, 0.2) is 0 Å². The number of rotatable bonds is 7. The first kappa shape index (κ1) is 12.1. The van der Waals surface area contributed by atoms with Crippen LogP contribution in [0.4, 0.5) is 0 Å². The lowest BCUT2D eigenvalue weighted by Gasteiger charge is -2.15. The molecule has 1 unspecified atom stereocenters. The number of nitrogens with zero attached hydrogens (tertiary/aromatic N) is 3. The van der Waals surface area contributed by atoms with Crippen molar-refractivity contribution in [3.8, 4) is 0 Å². The van der Waals surface area contributed by atoms with E-state index in [1.54, 1.807) is 4.68 Å². The standard InChI is InChI=1S/C9H19N5O/c1-3-4-15-6-8(13-10)5-9-11-7-12-14(9)2/h7-8,13H,3-6,10H2,1-2H3. The molecule has 0 fully saturated rings. The van der Waals surface area contributed by atoms with Gasteiger partial charge < -0.3 is 4.74 Å². The van der Waals surface area contributed by atoms with Gasteiger partial charge in [-0.1, -0.05) is 6.92 Å². The fraction of sp³-hybridized carbons (Fsp3) is 0.778. The molecule has 0 aliphatic rings. The number of aryl methyl sites for hydroxylation is 1. The third-order valence-corrected chi connectivity index (χ3v) is 2.14. The predicted octanol–water partition coefficient (Wildman–Crippen LogP) is -0.384. The average molecular weight is 213 g/mol. The Balaban J connectivity index is 2.36. The SMILES string of the molecule is CCCOCC(Cc1ncnn1C)NN. The summed E-state index contributed by atoms with van der Waals surface area (Å²) in [5, 5.41) is 4.00. The quantitative estimate of drug-likeness (QED) is 0.366. The highest BCUT2D eigenvalue weighted by molar-refractivity contribution is 4.88. The Kier molecular flexibility index (Phi) is 5.23. The van der Waals surface area contributed by atoms with Crippen molar-refractivity contribution in [2.24, 2.45) is 12.9 Å². The monoisotopic (exact) mass is 213 g/mol. The van der Waals surface area contributed by atoms with Gasteiger partial charge in [0.05, 0.1) is 12.6 Å². The summed E-state index contributed by atoms with van der Waals surface area (Å²) < 4.78 is 7.16. The fourth-order valence-electron chi connectivity index (χ4n) is 1.26. The van der Waals surface area contributed by atoms with E-state index in [1.165, 1.54) is 6.33 Å². The minimum atomic E-state index is 0.0828. The van der Waals surface area contributed by atoms with Crippen LogP contribution in [-0.4, -0.2) is 34.0 Å². The van der Waals surface area contributed by atoms with Crippen LogP contribution in [0.5, 0.6) is 0 Å². The van der Waals surface area contributed by atoms with E-state index in [0.29, 0.717) is 6.61 Å². The number of ether oxygens (including phenoxy) is 1. The summed E-state index contributed by atoms with van der Waals surface area (Å²) in [5.74, 6) is 6.34. The number of hydrogen-bond acceptors (Lipinski definition) is 5. The summed E-state index contributed by atoms with van der Waals surface area (Å²) >= 11 is 0. The van der Waals surface area contributed by atoms with Crippen LogP contribution in [0.1, 0.15) is 19.2 Å². The molecule has 1 rings (SSSR count). The van der Waals surface area contributed by atoms with Gasteiger partial charge >= 0.3 is 0 Å². The molecule has 1 aromatic heterocycles. The van der Waals surface area contributed by atoms with E-state index in [2.05, 4.69) is 22.4 Å². The molecular formula is C9H19N5O. The molecule has 0 aliphatic carbocycles. The van der Waals surface area contributed by atoms with Gasteiger partial charge in [-0.25, -0.2) is 4.98 Å². The van der Waals surface area contributed by atoms with E-state index in [9.17, 15) is 0 Å². The van der Waals surface area contributed by atoms with Gasteiger partial charge in [-0.15, -0.1) is 0 Å². The van der Waals surface area contributed by atoms with Crippen LogP contribution in [0.3, 0.4) is 0 Å². The fourth-order valence-corrected chi connectivity index (χ4v) is 1.26. The molecule has 6 heteroatoms. The Hall–Kier alpha value is -0.980. The van der Waals surface area contributed by atoms with Crippen LogP contribution >= 0.6 is 0 Å². The van der Waals surface area contributed by atoms with E-state index in [4.69, 9.17) is 10.6 Å². The maximum atomic E-state index is 5.43. The lowest BCUT2D eigenvalue weighted by molar-refractivity contribution is 0.111. The summed E-state index contributed by atoms with van der Waals surface area (Å²) in [4.78, 5) is 4.13. The molecule has 0 amide bonds. The van der Waals surface area contributed by atoms with Crippen molar-refractivity contribution in [2.75, 3.05) is 13.2 Å². The first-order valence-electron chi connectivity index (χ1n) is 5.14. The van der Waals surface area contributed by atoms with Gasteiger partial charge in [-0.2, -0.15) is 5.10 Å². The van der Waals surface area contributed by atoms with Gasteiger partial charge in [-0.3, -0.25) is 16.0 Å². The van der Waals surface area contributed by atoms with Crippen molar-refractivity contribution in [2.45, 2.75) is 25.8 Å². The van der Waals surface area contributed by atoms with Crippen molar-refractivity contribution in [3.05, 3.63) is 12.2 Å². The van der Waals surface area contributed by atoms with Crippen LogP contribution in [0, 0.1) is 0 Å². The first-order chi connectivity index (χ1) is 7.27. The second-order valence-electron chi connectivity index (χ2n) is 3.44. The summed E-state index contributed by atoms with van der Waals surface area (Å²) in [5.41, 5.74) is 2.72. The highest BCUT2D eigenvalue weighted by atomic mass is 16.5. The van der Waals surface area contributed by atoms with Crippen LogP contribution in [-0.2, 0) is 18.2 Å². The molecular weight excluding hydrogens is 194 g/mol. The molecule has 3 N–H and O–H groups in total. The number of aromatic nitrogens is 3. The molecule has 1 heterocycles. The molecule has 0 bridgehead atoms. The van der Waals surface area contributed by atoms with Crippen LogP contribution in [0.15, 0.2) is 6.33 Å². The van der Waals surface area contributed by atoms with Gasteiger partial charge in [0, 0.05) is 20.1 Å². The summed E-state index contributed by atoms with van der Waals surface area (Å²) in [7, 11) is 1.86. The molecule has 0 radical (unpaired) electrons. The third kappa shape index (κ3) is 3.94. The zero-order valence-corrected chi connectivity index (χ0v) is 9.31. The number of nitrogens with two attached hydrogens (primary N) is 1. The maximum Gasteiger partial charge on any atom is 0.138 e. The zero-order chi connectivity index (χ0) is 11.1. The molecule has 0 saturated heterocycles. The molecule has 15 heavy (non-hydrogen) atoms. The van der Waals surface area contributed by atoms with Crippen molar-refractivity contribution < 1.29 is 4.74 Å². The zero-order valence-electron chi connectivity index (χ0n) is 9.31. The maximum absolute atomic E-state index is 5.43.